The van der Waals surface area contributed by atoms with Crippen molar-refractivity contribution in [3.63, 3.8) is 0 Å². The number of hydrogen-bond donors (Lipinski definition) is 0. The van der Waals surface area contributed by atoms with Gasteiger partial charge in [-0.15, -0.1) is 0 Å². The summed E-state index contributed by atoms with van der Waals surface area (Å²) in [7, 11) is 0. The van der Waals surface area contributed by atoms with Crippen LogP contribution in [0.3, 0.4) is 0 Å². The van der Waals surface area contributed by atoms with Gasteiger partial charge in [-0.25, -0.2) is 0 Å². The molecule has 0 amide bonds. The summed E-state index contributed by atoms with van der Waals surface area (Å²) >= 11 is 0. The molecule has 0 radical (unpaired) electrons. The summed E-state index contributed by atoms with van der Waals surface area (Å²) in [6.45, 7) is 3.90. The Kier molecular flexibility index (Phi) is 2.33. The van der Waals surface area contributed by atoms with Crippen molar-refractivity contribution >= 4 is 10.8 Å². The normalized spacial score (nSPS) is 15.0. The summed E-state index contributed by atoms with van der Waals surface area (Å²) in [5, 5.41) is 1.57. The van der Waals surface area contributed by atoms with Gasteiger partial charge in [0.1, 0.15) is 0 Å². The van der Waals surface area contributed by atoms with E-state index in [0.717, 1.165) is 22.1 Å². The van der Waals surface area contributed by atoms with E-state index in [-0.39, 0.29) is 11.1 Å². The third kappa shape index (κ3) is 1.48. The highest BCUT2D eigenvalue weighted by Crippen LogP contribution is 2.52. The molecule has 0 atom stereocenters. The van der Waals surface area contributed by atoms with Crippen LogP contribution in [0.15, 0.2) is 48.5 Å². The number of aryl methyl sites for hydroxylation is 2. The first kappa shape index (κ1) is 12.5. The van der Waals surface area contributed by atoms with Gasteiger partial charge < -0.3 is 0 Å². The van der Waals surface area contributed by atoms with E-state index in [1.54, 1.807) is 24.3 Å². The fraction of sp³-hybridized carbons (Fsp3) is 0.158. The van der Waals surface area contributed by atoms with E-state index in [9.17, 15) is 8.78 Å². The van der Waals surface area contributed by atoms with Gasteiger partial charge in [0.15, 0.2) is 0 Å². The predicted octanol–water partition coefficient (Wildman–Crippen LogP) is 5.58. The summed E-state index contributed by atoms with van der Waals surface area (Å²) in [6.07, 6.45) is 0. The lowest BCUT2D eigenvalue weighted by atomic mass is 9.78. The lowest BCUT2D eigenvalue weighted by Gasteiger charge is -2.30. The molecular formula is C19H14F2. The van der Waals surface area contributed by atoms with Crippen LogP contribution in [0.1, 0.15) is 22.3 Å². The van der Waals surface area contributed by atoms with Gasteiger partial charge in [0.25, 0.3) is 5.92 Å². The highest BCUT2D eigenvalue weighted by atomic mass is 19.3. The molecule has 2 heteroatoms. The van der Waals surface area contributed by atoms with Crippen LogP contribution in [0.2, 0.25) is 0 Å². The Hall–Kier alpha value is -2.22. The maximum Gasteiger partial charge on any atom is 0.299 e. The molecule has 4 rings (SSSR count). The second kappa shape index (κ2) is 3.91. The van der Waals surface area contributed by atoms with E-state index in [1.165, 1.54) is 0 Å². The Morgan fingerprint density at radius 3 is 2.19 bits per heavy atom. The smallest absolute Gasteiger partial charge is 0.196 e. The molecule has 0 unspecified atom stereocenters. The molecule has 0 spiro atoms. The highest BCUT2D eigenvalue weighted by molar-refractivity contribution is 6.04. The first-order chi connectivity index (χ1) is 10.0. The molecule has 0 saturated carbocycles. The average molecular weight is 280 g/mol. The molecule has 3 aromatic carbocycles. The topological polar surface area (TPSA) is 0 Å². The minimum absolute atomic E-state index is 0.122. The van der Waals surface area contributed by atoms with Crippen molar-refractivity contribution in [1.82, 2.24) is 0 Å². The molecule has 0 saturated heterocycles. The molecule has 0 aromatic heterocycles. The monoisotopic (exact) mass is 280 g/mol. The van der Waals surface area contributed by atoms with Crippen molar-refractivity contribution in [2.24, 2.45) is 0 Å². The Labute approximate surface area is 122 Å². The quantitative estimate of drug-likeness (QED) is 0.504. The lowest BCUT2D eigenvalue weighted by molar-refractivity contribution is 0.0443. The predicted molar refractivity (Wildman–Crippen MR) is 81.9 cm³/mol. The van der Waals surface area contributed by atoms with E-state index in [0.29, 0.717) is 10.9 Å². The Balaban J connectivity index is 2.33. The van der Waals surface area contributed by atoms with Gasteiger partial charge in [0.05, 0.1) is 0 Å². The first-order valence-corrected chi connectivity index (χ1v) is 7.03. The summed E-state index contributed by atoms with van der Waals surface area (Å²) < 4.78 is 29.9. The summed E-state index contributed by atoms with van der Waals surface area (Å²) in [4.78, 5) is 0. The molecule has 21 heavy (non-hydrogen) atoms. The minimum atomic E-state index is -2.94. The van der Waals surface area contributed by atoms with E-state index < -0.39 is 5.92 Å². The number of hydrogen-bond acceptors (Lipinski definition) is 0. The first-order valence-electron chi connectivity index (χ1n) is 7.03. The van der Waals surface area contributed by atoms with Gasteiger partial charge in [0.2, 0.25) is 0 Å². The molecule has 3 aromatic rings. The van der Waals surface area contributed by atoms with Crippen molar-refractivity contribution < 1.29 is 8.78 Å². The molecular weight excluding hydrogens is 266 g/mol. The van der Waals surface area contributed by atoms with Gasteiger partial charge >= 0.3 is 0 Å². The summed E-state index contributed by atoms with van der Waals surface area (Å²) in [5.74, 6) is -2.94. The molecule has 0 fully saturated rings. The van der Waals surface area contributed by atoms with E-state index >= 15 is 0 Å². The molecule has 0 nitrogen and oxygen atoms in total. The van der Waals surface area contributed by atoms with Gasteiger partial charge in [0, 0.05) is 11.1 Å². The van der Waals surface area contributed by atoms with Gasteiger partial charge in [-0.3, -0.25) is 0 Å². The number of benzene rings is 3. The number of rotatable bonds is 0. The van der Waals surface area contributed by atoms with E-state index in [4.69, 9.17) is 0 Å². The van der Waals surface area contributed by atoms with Crippen molar-refractivity contribution in [2.45, 2.75) is 19.8 Å². The number of fused-ring (bicyclic) bond motifs is 2. The SMILES string of the molecule is Cc1cccc2c1-c1c(C)ccc3cccc(c13)C2(F)F. The maximum atomic E-state index is 15.0. The third-order valence-electron chi connectivity index (χ3n) is 4.45. The second-order valence-corrected chi connectivity index (χ2v) is 5.73. The van der Waals surface area contributed by atoms with E-state index in [2.05, 4.69) is 0 Å². The summed E-state index contributed by atoms with van der Waals surface area (Å²) in [6, 6.07) is 14.3. The van der Waals surface area contributed by atoms with Gasteiger partial charge in [-0.1, -0.05) is 48.5 Å². The zero-order valence-electron chi connectivity index (χ0n) is 11.9. The Morgan fingerprint density at radius 2 is 1.38 bits per heavy atom. The Bertz CT molecular complexity index is 891. The van der Waals surface area contributed by atoms with Crippen LogP contribution in [0.4, 0.5) is 8.78 Å². The fourth-order valence-corrected chi connectivity index (χ4v) is 3.47. The van der Waals surface area contributed by atoms with Gasteiger partial charge in [-0.05, 0) is 46.9 Å². The minimum Gasteiger partial charge on any atom is -0.196 e. The zero-order chi connectivity index (χ0) is 14.8. The van der Waals surface area contributed by atoms with Crippen LogP contribution in [0.5, 0.6) is 0 Å². The van der Waals surface area contributed by atoms with Crippen molar-refractivity contribution in [3.05, 3.63) is 70.8 Å². The average Bonchev–Trinajstić information content (AvgIpc) is 2.46. The third-order valence-corrected chi connectivity index (χ3v) is 4.45. The largest absolute Gasteiger partial charge is 0.299 e. The van der Waals surface area contributed by atoms with Crippen LogP contribution in [0, 0.1) is 13.8 Å². The second-order valence-electron chi connectivity index (χ2n) is 5.73. The van der Waals surface area contributed by atoms with Crippen LogP contribution >= 0.6 is 0 Å². The van der Waals surface area contributed by atoms with Crippen LogP contribution in [-0.2, 0) is 5.92 Å². The molecule has 1 aliphatic carbocycles. The standard InChI is InChI=1S/C19H14F2/c1-11-5-3-7-14-16(11)17-12(2)9-10-13-6-4-8-15(18(13)17)19(14,20)21/h3-10H,1-2H3. The molecule has 0 aliphatic heterocycles. The van der Waals surface area contributed by atoms with Crippen LogP contribution in [-0.4, -0.2) is 0 Å². The van der Waals surface area contributed by atoms with Crippen LogP contribution in [0.25, 0.3) is 21.9 Å². The fourth-order valence-electron chi connectivity index (χ4n) is 3.47. The lowest BCUT2D eigenvalue weighted by Crippen LogP contribution is -2.21. The maximum absolute atomic E-state index is 15.0. The van der Waals surface area contributed by atoms with Crippen molar-refractivity contribution in [3.8, 4) is 11.1 Å². The summed E-state index contributed by atoms with van der Waals surface area (Å²) in [5.41, 5.74) is 3.85. The van der Waals surface area contributed by atoms with Crippen molar-refractivity contribution in [2.75, 3.05) is 0 Å². The molecule has 0 N–H and O–H groups in total. The van der Waals surface area contributed by atoms with E-state index in [1.807, 2.05) is 38.1 Å². The number of halogens is 2. The van der Waals surface area contributed by atoms with Crippen LogP contribution < -0.4 is 0 Å². The molecule has 0 bridgehead atoms. The molecule has 1 aliphatic rings. The highest BCUT2D eigenvalue weighted by Gasteiger charge is 2.42. The molecule has 0 heterocycles. The Morgan fingerprint density at radius 1 is 0.714 bits per heavy atom. The molecule has 104 valence electrons. The van der Waals surface area contributed by atoms with Crippen molar-refractivity contribution in [1.29, 1.82) is 0 Å². The number of alkyl halides is 2. The zero-order valence-corrected chi connectivity index (χ0v) is 11.9. The van der Waals surface area contributed by atoms with Gasteiger partial charge in [-0.2, -0.15) is 8.78 Å².